The Hall–Kier alpha value is -3.06. The Morgan fingerprint density at radius 1 is 1.07 bits per heavy atom. The fourth-order valence-corrected chi connectivity index (χ4v) is 3.83. The molecular weight excluding hydrogens is 440 g/mol. The molecule has 1 atom stereocenters. The van der Waals surface area contributed by atoms with Crippen molar-refractivity contribution in [1.82, 2.24) is 0 Å². The van der Waals surface area contributed by atoms with Gasteiger partial charge in [-0.2, -0.15) is 0 Å². The summed E-state index contributed by atoms with van der Waals surface area (Å²) in [6.45, 7) is 4.69. The summed E-state index contributed by atoms with van der Waals surface area (Å²) in [7, 11) is 0. The molecule has 1 aliphatic rings. The average Bonchev–Trinajstić information content (AvgIpc) is 2.64. The maximum absolute atomic E-state index is 13.5. The summed E-state index contributed by atoms with van der Waals surface area (Å²) in [4.78, 5) is 50.5. The zero-order valence-electron chi connectivity index (χ0n) is 15.8. The molecule has 4 rings (SSSR count). The summed E-state index contributed by atoms with van der Waals surface area (Å²) in [5.74, 6) is -1.19. The second-order valence-electron chi connectivity index (χ2n) is 6.88. The summed E-state index contributed by atoms with van der Waals surface area (Å²) < 4.78 is 11.1. The molecule has 146 valence electrons. The third kappa shape index (κ3) is 2.93. The highest BCUT2D eigenvalue weighted by molar-refractivity contribution is 9.09. The summed E-state index contributed by atoms with van der Waals surface area (Å²) in [5.41, 5.74) is 0.618. The van der Waals surface area contributed by atoms with Gasteiger partial charge in [-0.25, -0.2) is 0 Å². The monoisotopic (exact) mass is 454 g/mol. The number of benzene rings is 2. The van der Waals surface area contributed by atoms with E-state index in [1.165, 1.54) is 31.2 Å². The molecule has 1 unspecified atom stereocenters. The SMILES string of the molecule is CC(=O)Oc1cccc2c1C(=O)c1c(cc(C)c3c(=O)cc(C(C)Br)oc13)C2=O. The molecule has 1 aliphatic carbocycles. The number of halogens is 1. The second-order valence-corrected chi connectivity index (χ2v) is 8.25. The van der Waals surface area contributed by atoms with Crippen LogP contribution >= 0.6 is 15.9 Å². The largest absolute Gasteiger partial charge is 0.459 e. The molecule has 0 radical (unpaired) electrons. The zero-order valence-corrected chi connectivity index (χ0v) is 17.4. The van der Waals surface area contributed by atoms with Crippen LogP contribution in [-0.4, -0.2) is 17.5 Å². The lowest BCUT2D eigenvalue weighted by molar-refractivity contribution is -0.131. The molecular formula is C22H15BrO6. The van der Waals surface area contributed by atoms with Crippen LogP contribution in [0.4, 0.5) is 0 Å². The first kappa shape index (κ1) is 19.3. The van der Waals surface area contributed by atoms with E-state index in [1.54, 1.807) is 19.9 Å². The van der Waals surface area contributed by atoms with E-state index in [-0.39, 0.29) is 49.2 Å². The smallest absolute Gasteiger partial charge is 0.308 e. The lowest BCUT2D eigenvalue weighted by Gasteiger charge is -2.21. The van der Waals surface area contributed by atoms with Crippen LogP contribution in [0.2, 0.25) is 0 Å². The van der Waals surface area contributed by atoms with Crippen molar-refractivity contribution >= 4 is 44.4 Å². The fourth-order valence-electron chi connectivity index (χ4n) is 3.61. The zero-order chi connectivity index (χ0) is 21.0. The first-order chi connectivity index (χ1) is 13.7. The maximum atomic E-state index is 13.5. The Labute approximate surface area is 173 Å². The molecule has 0 fully saturated rings. The van der Waals surface area contributed by atoms with Crippen molar-refractivity contribution in [3.63, 3.8) is 0 Å². The number of fused-ring (bicyclic) bond motifs is 4. The van der Waals surface area contributed by atoms with Gasteiger partial charge in [0.25, 0.3) is 0 Å². The minimum absolute atomic E-state index is 0.0000797. The van der Waals surface area contributed by atoms with Crippen LogP contribution in [0, 0.1) is 6.92 Å². The molecule has 0 spiro atoms. The molecule has 0 amide bonds. The number of ether oxygens (including phenoxy) is 1. The number of alkyl halides is 1. The van der Waals surface area contributed by atoms with Gasteiger partial charge in [0.1, 0.15) is 17.1 Å². The molecule has 1 aromatic heterocycles. The lowest BCUT2D eigenvalue weighted by Crippen LogP contribution is -2.24. The van der Waals surface area contributed by atoms with Crippen molar-refractivity contribution in [3.05, 3.63) is 74.1 Å². The quantitative estimate of drug-likeness (QED) is 0.255. The van der Waals surface area contributed by atoms with Crippen LogP contribution < -0.4 is 10.2 Å². The van der Waals surface area contributed by atoms with E-state index in [1.807, 2.05) is 0 Å². The van der Waals surface area contributed by atoms with Gasteiger partial charge in [0, 0.05) is 24.1 Å². The molecule has 0 N–H and O–H groups in total. The normalized spacial score (nSPS) is 13.8. The number of ketones is 2. The van der Waals surface area contributed by atoms with Gasteiger partial charge in [0.15, 0.2) is 11.2 Å². The van der Waals surface area contributed by atoms with Gasteiger partial charge in [0.2, 0.25) is 5.78 Å². The van der Waals surface area contributed by atoms with Crippen LogP contribution in [0.5, 0.6) is 5.75 Å². The van der Waals surface area contributed by atoms with Gasteiger partial charge in [-0.1, -0.05) is 28.1 Å². The van der Waals surface area contributed by atoms with Crippen molar-refractivity contribution in [2.24, 2.45) is 0 Å². The molecule has 7 heteroatoms. The van der Waals surface area contributed by atoms with Gasteiger partial charge in [-0.3, -0.25) is 19.2 Å². The number of aryl methyl sites for hydroxylation is 1. The Kier molecular flexibility index (Phi) is 4.50. The van der Waals surface area contributed by atoms with Crippen molar-refractivity contribution in [2.45, 2.75) is 25.6 Å². The predicted molar refractivity (Wildman–Crippen MR) is 109 cm³/mol. The molecule has 0 saturated carbocycles. The Morgan fingerprint density at radius 3 is 2.45 bits per heavy atom. The summed E-state index contributed by atoms with van der Waals surface area (Å²) in [5, 5.41) is 0.246. The van der Waals surface area contributed by atoms with E-state index < -0.39 is 17.5 Å². The standard InChI is InChI=1S/C22H15BrO6/c1-9-7-13-19(22-17(9)14(25)8-16(29-22)10(2)23)21(27)18-12(20(13)26)5-4-6-15(18)28-11(3)24/h4-8,10H,1-3H3. The molecule has 0 aliphatic heterocycles. The van der Waals surface area contributed by atoms with Crippen LogP contribution in [0.3, 0.4) is 0 Å². The van der Waals surface area contributed by atoms with Crippen molar-refractivity contribution < 1.29 is 23.5 Å². The Morgan fingerprint density at radius 2 is 1.79 bits per heavy atom. The van der Waals surface area contributed by atoms with Crippen LogP contribution in [-0.2, 0) is 4.79 Å². The summed E-state index contributed by atoms with van der Waals surface area (Å²) in [6.07, 6.45) is 0. The van der Waals surface area contributed by atoms with E-state index in [0.29, 0.717) is 11.3 Å². The number of carbonyl (C=O) groups excluding carboxylic acids is 3. The molecule has 1 heterocycles. The number of carbonyl (C=O) groups is 3. The highest BCUT2D eigenvalue weighted by atomic mass is 79.9. The summed E-state index contributed by atoms with van der Waals surface area (Å²) >= 11 is 3.37. The van der Waals surface area contributed by atoms with Gasteiger partial charge < -0.3 is 9.15 Å². The first-order valence-corrected chi connectivity index (χ1v) is 9.78. The average molecular weight is 455 g/mol. The van der Waals surface area contributed by atoms with E-state index in [0.717, 1.165) is 0 Å². The summed E-state index contributed by atoms with van der Waals surface area (Å²) in [6, 6.07) is 7.42. The van der Waals surface area contributed by atoms with Crippen molar-refractivity contribution in [2.75, 3.05) is 0 Å². The van der Waals surface area contributed by atoms with Crippen LogP contribution in [0.15, 0.2) is 39.5 Å². The van der Waals surface area contributed by atoms with Gasteiger partial charge in [0.05, 0.1) is 21.3 Å². The second kappa shape index (κ2) is 6.77. The predicted octanol–water partition coefficient (Wildman–Crippen LogP) is 4.26. The number of esters is 1. The molecule has 2 aromatic carbocycles. The van der Waals surface area contributed by atoms with Crippen molar-refractivity contribution in [1.29, 1.82) is 0 Å². The topological polar surface area (TPSA) is 90.7 Å². The number of hydrogen-bond acceptors (Lipinski definition) is 6. The highest BCUT2D eigenvalue weighted by Gasteiger charge is 2.36. The minimum atomic E-state index is -0.611. The van der Waals surface area contributed by atoms with Gasteiger partial charge in [-0.15, -0.1) is 0 Å². The van der Waals surface area contributed by atoms with Gasteiger partial charge >= 0.3 is 5.97 Å². The Balaban J connectivity index is 2.11. The van der Waals surface area contributed by atoms with E-state index >= 15 is 0 Å². The molecule has 29 heavy (non-hydrogen) atoms. The van der Waals surface area contributed by atoms with Crippen LogP contribution in [0.25, 0.3) is 11.0 Å². The number of rotatable bonds is 2. The van der Waals surface area contributed by atoms with E-state index in [2.05, 4.69) is 15.9 Å². The fraction of sp³-hybridized carbons (Fsp3) is 0.182. The maximum Gasteiger partial charge on any atom is 0.308 e. The molecule has 0 saturated heterocycles. The minimum Gasteiger partial charge on any atom is -0.459 e. The molecule has 0 bridgehead atoms. The van der Waals surface area contributed by atoms with Gasteiger partial charge in [-0.05, 0) is 31.5 Å². The third-order valence-electron chi connectivity index (χ3n) is 4.83. The van der Waals surface area contributed by atoms with Crippen LogP contribution in [0.1, 0.15) is 61.8 Å². The lowest BCUT2D eigenvalue weighted by atomic mass is 9.81. The first-order valence-electron chi connectivity index (χ1n) is 8.87. The highest BCUT2D eigenvalue weighted by Crippen LogP contribution is 2.38. The molecule has 6 nitrogen and oxygen atoms in total. The van der Waals surface area contributed by atoms with E-state index in [9.17, 15) is 19.2 Å². The van der Waals surface area contributed by atoms with E-state index in [4.69, 9.17) is 9.15 Å². The van der Waals surface area contributed by atoms with Crippen molar-refractivity contribution in [3.8, 4) is 5.75 Å². The molecule has 3 aromatic rings. The third-order valence-corrected chi connectivity index (χ3v) is 5.28. The number of hydrogen-bond donors (Lipinski definition) is 0. The Bertz CT molecular complexity index is 1300.